The van der Waals surface area contributed by atoms with Crippen LogP contribution in [-0.4, -0.2) is 72.3 Å². The SMILES string of the molecule is CC(CNS(=O)(=O)c1ccc(N2C(=O)CCS2(=O)=O)cc1)N1CCOCC1. The number of hydrogen-bond donors (Lipinski definition) is 1. The summed E-state index contributed by atoms with van der Waals surface area (Å²) < 4.78 is 57.5. The average Bonchev–Trinajstić information content (AvgIpc) is 2.93. The molecule has 1 aromatic carbocycles. The molecule has 150 valence electrons. The fourth-order valence-electron chi connectivity index (χ4n) is 3.09. The van der Waals surface area contributed by atoms with Crippen LogP contribution in [0.3, 0.4) is 0 Å². The Morgan fingerprint density at radius 3 is 2.37 bits per heavy atom. The van der Waals surface area contributed by atoms with Crippen molar-refractivity contribution in [3.63, 3.8) is 0 Å². The van der Waals surface area contributed by atoms with Crippen LogP contribution in [0.4, 0.5) is 5.69 Å². The molecule has 27 heavy (non-hydrogen) atoms. The summed E-state index contributed by atoms with van der Waals surface area (Å²) in [6.07, 6.45) is -0.0661. The molecule has 1 atom stereocenters. The first kappa shape index (κ1) is 20.2. The number of morpholine rings is 1. The molecule has 9 nitrogen and oxygen atoms in total. The molecule has 2 heterocycles. The van der Waals surface area contributed by atoms with Crippen molar-refractivity contribution in [2.24, 2.45) is 0 Å². The number of hydrogen-bond acceptors (Lipinski definition) is 7. The Labute approximate surface area is 159 Å². The zero-order chi connectivity index (χ0) is 19.7. The highest BCUT2D eigenvalue weighted by molar-refractivity contribution is 7.94. The van der Waals surface area contributed by atoms with E-state index in [2.05, 4.69) is 9.62 Å². The maximum atomic E-state index is 12.5. The highest BCUT2D eigenvalue weighted by Gasteiger charge is 2.36. The van der Waals surface area contributed by atoms with Crippen LogP contribution in [0.1, 0.15) is 13.3 Å². The minimum atomic E-state index is -3.74. The quantitative estimate of drug-likeness (QED) is 0.679. The summed E-state index contributed by atoms with van der Waals surface area (Å²) in [6, 6.07) is 5.30. The molecular formula is C16H23N3O6S2. The predicted octanol–water partition coefficient (Wildman–Crippen LogP) is -0.248. The third-order valence-corrected chi connectivity index (χ3v) is 7.83. The lowest BCUT2D eigenvalue weighted by Crippen LogP contribution is -2.47. The van der Waals surface area contributed by atoms with Crippen LogP contribution in [0, 0.1) is 0 Å². The van der Waals surface area contributed by atoms with Gasteiger partial charge in [-0.25, -0.2) is 25.9 Å². The number of carbonyl (C=O) groups excluding carboxylic acids is 1. The maximum absolute atomic E-state index is 12.5. The molecule has 0 bridgehead atoms. The van der Waals surface area contributed by atoms with Crippen molar-refractivity contribution in [2.45, 2.75) is 24.3 Å². The molecule has 2 aliphatic rings. The molecular weight excluding hydrogens is 394 g/mol. The van der Waals surface area contributed by atoms with Crippen LogP contribution in [0.25, 0.3) is 0 Å². The minimum absolute atomic E-state index is 0.0180. The lowest BCUT2D eigenvalue weighted by Gasteiger charge is -2.32. The Morgan fingerprint density at radius 1 is 1.19 bits per heavy atom. The smallest absolute Gasteiger partial charge is 0.242 e. The molecule has 2 saturated heterocycles. The van der Waals surface area contributed by atoms with E-state index in [1.165, 1.54) is 24.3 Å². The Morgan fingerprint density at radius 2 is 1.81 bits per heavy atom. The lowest BCUT2D eigenvalue weighted by atomic mass is 10.2. The van der Waals surface area contributed by atoms with Crippen molar-refractivity contribution in [1.29, 1.82) is 0 Å². The average molecular weight is 418 g/mol. The van der Waals surface area contributed by atoms with E-state index in [0.29, 0.717) is 13.2 Å². The molecule has 1 unspecified atom stereocenters. The van der Waals surface area contributed by atoms with Crippen molar-refractivity contribution >= 4 is 31.6 Å². The highest BCUT2D eigenvalue weighted by atomic mass is 32.2. The number of carbonyl (C=O) groups is 1. The van der Waals surface area contributed by atoms with E-state index in [9.17, 15) is 21.6 Å². The maximum Gasteiger partial charge on any atom is 0.242 e. The number of ether oxygens (including phenoxy) is 1. The summed E-state index contributed by atoms with van der Waals surface area (Å²) >= 11 is 0. The van der Waals surface area contributed by atoms with Gasteiger partial charge in [0.1, 0.15) is 0 Å². The van der Waals surface area contributed by atoms with Gasteiger partial charge in [0.15, 0.2) is 0 Å². The van der Waals surface area contributed by atoms with E-state index in [-0.39, 0.29) is 35.3 Å². The van der Waals surface area contributed by atoms with Crippen LogP contribution >= 0.6 is 0 Å². The summed E-state index contributed by atoms with van der Waals surface area (Å²) in [5, 5.41) is 0. The number of amides is 1. The van der Waals surface area contributed by atoms with Crippen molar-refractivity contribution in [3.05, 3.63) is 24.3 Å². The van der Waals surface area contributed by atoms with E-state index in [4.69, 9.17) is 4.74 Å². The third kappa shape index (κ3) is 4.49. The Hall–Kier alpha value is -1.53. The Balaban J connectivity index is 1.67. The highest BCUT2D eigenvalue weighted by Crippen LogP contribution is 2.26. The topological polar surface area (TPSA) is 113 Å². The van der Waals surface area contributed by atoms with Gasteiger partial charge in [-0.1, -0.05) is 0 Å². The monoisotopic (exact) mass is 417 g/mol. The van der Waals surface area contributed by atoms with Crippen molar-refractivity contribution in [3.8, 4) is 0 Å². The molecule has 0 saturated carbocycles. The molecule has 2 aliphatic heterocycles. The Kier molecular flexibility index (Phi) is 5.87. The van der Waals surface area contributed by atoms with Gasteiger partial charge < -0.3 is 4.74 Å². The third-order valence-electron chi connectivity index (χ3n) is 4.70. The van der Waals surface area contributed by atoms with Crippen molar-refractivity contribution < 1.29 is 26.4 Å². The lowest BCUT2D eigenvalue weighted by molar-refractivity contribution is -0.116. The summed E-state index contributed by atoms with van der Waals surface area (Å²) in [5.74, 6) is -0.740. The molecule has 0 spiro atoms. The number of nitrogens with one attached hydrogen (secondary N) is 1. The number of nitrogens with zero attached hydrogens (tertiary/aromatic N) is 2. The van der Waals surface area contributed by atoms with E-state index < -0.39 is 26.0 Å². The molecule has 11 heteroatoms. The normalized spacial score (nSPS) is 22.1. The molecule has 0 aromatic heterocycles. The second kappa shape index (κ2) is 7.84. The summed E-state index contributed by atoms with van der Waals surface area (Å²) in [4.78, 5) is 14.0. The van der Waals surface area contributed by atoms with Crippen LogP contribution in [0.2, 0.25) is 0 Å². The van der Waals surface area contributed by atoms with Crippen LogP contribution in [0.5, 0.6) is 0 Å². The Bertz CT molecular complexity index is 893. The van der Waals surface area contributed by atoms with Crippen LogP contribution in [-0.2, 0) is 29.6 Å². The molecule has 1 N–H and O–H groups in total. The van der Waals surface area contributed by atoms with Gasteiger partial charge in [-0.2, -0.15) is 0 Å². The van der Waals surface area contributed by atoms with E-state index in [1.807, 2.05) is 6.92 Å². The zero-order valence-corrected chi connectivity index (χ0v) is 16.6. The van der Waals surface area contributed by atoms with Gasteiger partial charge in [-0.05, 0) is 31.2 Å². The van der Waals surface area contributed by atoms with Gasteiger partial charge in [-0.3, -0.25) is 9.69 Å². The number of anilines is 1. The van der Waals surface area contributed by atoms with Gasteiger partial charge in [0.25, 0.3) is 0 Å². The van der Waals surface area contributed by atoms with E-state index in [1.54, 1.807) is 0 Å². The van der Waals surface area contributed by atoms with E-state index >= 15 is 0 Å². The van der Waals surface area contributed by atoms with E-state index in [0.717, 1.165) is 17.4 Å². The van der Waals surface area contributed by atoms with Gasteiger partial charge in [0, 0.05) is 32.1 Å². The first-order valence-electron chi connectivity index (χ1n) is 8.68. The molecule has 1 aromatic rings. The summed E-state index contributed by atoms with van der Waals surface area (Å²) in [6.45, 7) is 4.99. The van der Waals surface area contributed by atoms with Crippen molar-refractivity contribution in [2.75, 3.05) is 42.9 Å². The van der Waals surface area contributed by atoms with Gasteiger partial charge >= 0.3 is 0 Å². The number of sulfonamides is 2. The zero-order valence-electron chi connectivity index (χ0n) is 15.0. The second-order valence-electron chi connectivity index (χ2n) is 6.57. The molecule has 0 radical (unpaired) electrons. The van der Waals surface area contributed by atoms with Gasteiger partial charge in [-0.15, -0.1) is 0 Å². The fraction of sp³-hybridized carbons (Fsp3) is 0.562. The molecule has 1 amide bonds. The minimum Gasteiger partial charge on any atom is -0.379 e. The first-order valence-corrected chi connectivity index (χ1v) is 11.8. The van der Waals surface area contributed by atoms with Gasteiger partial charge in [0.2, 0.25) is 26.0 Å². The largest absolute Gasteiger partial charge is 0.379 e. The predicted molar refractivity (Wildman–Crippen MR) is 99.4 cm³/mol. The number of benzene rings is 1. The van der Waals surface area contributed by atoms with Crippen molar-refractivity contribution in [1.82, 2.24) is 9.62 Å². The molecule has 3 rings (SSSR count). The summed E-state index contributed by atoms with van der Waals surface area (Å²) in [5.41, 5.74) is 0.151. The fourth-order valence-corrected chi connectivity index (χ4v) is 5.67. The van der Waals surface area contributed by atoms with Crippen LogP contribution < -0.4 is 9.03 Å². The molecule has 0 aliphatic carbocycles. The van der Waals surface area contributed by atoms with Gasteiger partial charge in [0.05, 0.1) is 29.5 Å². The molecule has 2 fully saturated rings. The standard InChI is InChI=1S/C16H23N3O6S2/c1-13(18-7-9-25-10-8-18)12-17-27(23,24)15-4-2-14(3-5-15)19-16(20)6-11-26(19,21)22/h2-5,13,17H,6-12H2,1H3. The second-order valence-corrected chi connectivity index (χ2v) is 10.3. The van der Waals surface area contributed by atoms with Crippen LogP contribution in [0.15, 0.2) is 29.2 Å². The number of rotatable bonds is 6. The first-order chi connectivity index (χ1) is 12.7. The summed E-state index contributed by atoms with van der Waals surface area (Å²) in [7, 11) is -7.41.